The van der Waals surface area contributed by atoms with Crippen LogP contribution in [0.3, 0.4) is 0 Å². The normalized spacial score (nSPS) is 19.3. The highest BCUT2D eigenvalue weighted by Gasteiger charge is 2.50. The van der Waals surface area contributed by atoms with E-state index in [1.165, 1.54) is 0 Å². The van der Waals surface area contributed by atoms with Crippen molar-refractivity contribution in [1.29, 1.82) is 0 Å². The van der Waals surface area contributed by atoms with Crippen LogP contribution in [0.1, 0.15) is 69.3 Å². The fourth-order valence-corrected chi connectivity index (χ4v) is 6.42. The second kappa shape index (κ2) is 13.7. The monoisotopic (exact) mass is 680 g/mol. The quantitative estimate of drug-likeness (QED) is 0.0777. The second-order valence-electron chi connectivity index (χ2n) is 11.9. The highest BCUT2D eigenvalue weighted by Crippen LogP contribution is 2.44. The van der Waals surface area contributed by atoms with Crippen LogP contribution in [0.5, 0.6) is 5.75 Å². The Morgan fingerprint density at radius 2 is 1.95 bits per heavy atom. The summed E-state index contributed by atoms with van der Waals surface area (Å²) in [7, 11) is -2.42. The molecule has 0 N–H and O–H groups in total. The van der Waals surface area contributed by atoms with E-state index < -0.39 is 26.7 Å². The molecule has 0 aliphatic carbocycles. The molecular formula is C31H45IN2O5Si. The van der Waals surface area contributed by atoms with E-state index in [1.807, 2.05) is 44.3 Å². The van der Waals surface area contributed by atoms with Crippen molar-refractivity contribution in [2.45, 2.75) is 90.7 Å². The maximum atomic E-state index is 14.1. The zero-order valence-corrected chi connectivity index (χ0v) is 28.2. The van der Waals surface area contributed by atoms with Gasteiger partial charge in [0.1, 0.15) is 12.4 Å². The molecule has 0 unspecified atom stereocenters. The molecule has 0 spiro atoms. The van der Waals surface area contributed by atoms with Gasteiger partial charge in [0.2, 0.25) is 0 Å². The van der Waals surface area contributed by atoms with Gasteiger partial charge in [-0.15, -0.1) is 0 Å². The molecule has 220 valence electrons. The molecule has 3 rings (SSSR count). The van der Waals surface area contributed by atoms with Crippen LogP contribution in [0.4, 0.5) is 10.5 Å². The van der Waals surface area contributed by atoms with Crippen LogP contribution in [0.25, 0.3) is 0 Å². The first-order valence-electron chi connectivity index (χ1n) is 14.1. The summed E-state index contributed by atoms with van der Waals surface area (Å²) in [5.41, 5.74) is 2.73. The van der Waals surface area contributed by atoms with Crippen LogP contribution in [0, 0.1) is 6.92 Å². The lowest BCUT2D eigenvalue weighted by Crippen LogP contribution is -2.57. The van der Waals surface area contributed by atoms with E-state index in [0.717, 1.165) is 34.8 Å². The van der Waals surface area contributed by atoms with Crippen molar-refractivity contribution in [2.24, 2.45) is 0 Å². The van der Waals surface area contributed by atoms with Crippen LogP contribution < -0.4 is 9.64 Å². The summed E-state index contributed by atoms with van der Waals surface area (Å²) in [6.45, 7) is 19.0. The summed E-state index contributed by atoms with van der Waals surface area (Å²) in [6, 6.07) is 3.24. The van der Waals surface area contributed by atoms with E-state index in [2.05, 4.69) is 63.0 Å². The summed E-state index contributed by atoms with van der Waals surface area (Å²) in [6.07, 6.45) is 9.82. The fraction of sp³-hybridized carbons (Fsp3) is 0.548. The molecule has 2 aliphatic heterocycles. The fourth-order valence-electron chi connectivity index (χ4n) is 4.66. The predicted octanol–water partition coefficient (Wildman–Crippen LogP) is 8.14. The van der Waals surface area contributed by atoms with Gasteiger partial charge in [0.15, 0.2) is 14.5 Å². The number of halogens is 1. The molecule has 0 aromatic heterocycles. The number of carbonyl (C=O) groups excluding carboxylic acids is 2. The molecule has 2 heterocycles. The highest BCUT2D eigenvalue weighted by atomic mass is 127. The van der Waals surface area contributed by atoms with E-state index in [0.29, 0.717) is 30.0 Å². The van der Waals surface area contributed by atoms with Crippen molar-refractivity contribution in [3.63, 3.8) is 0 Å². The Labute approximate surface area is 254 Å². The van der Waals surface area contributed by atoms with Crippen molar-refractivity contribution >= 4 is 48.6 Å². The maximum Gasteiger partial charge on any atom is 0.416 e. The molecule has 0 fully saturated rings. The van der Waals surface area contributed by atoms with E-state index >= 15 is 0 Å². The number of aryl methyl sites for hydroxylation is 1. The third-order valence-corrected chi connectivity index (χ3v) is 13.1. The van der Waals surface area contributed by atoms with Crippen molar-refractivity contribution < 1.29 is 23.5 Å². The summed E-state index contributed by atoms with van der Waals surface area (Å²) < 4.78 is 20.0. The SMILES string of the molecule is C=CCOC(=O)N1c2cc(OCCCCCI)c(C)cc2C(=O)N2C=C(/C=C/C)C[C@H]2[C@@H]1O[Si](C)(C)C(C)(C)C. The molecule has 7 nitrogen and oxygen atoms in total. The zero-order valence-electron chi connectivity index (χ0n) is 25.1. The minimum atomic E-state index is -2.42. The molecule has 2 aliphatic rings. The molecule has 0 bridgehead atoms. The molecule has 0 saturated heterocycles. The third-order valence-electron chi connectivity index (χ3n) is 7.87. The largest absolute Gasteiger partial charge is 0.493 e. The van der Waals surface area contributed by atoms with Gasteiger partial charge in [0, 0.05) is 12.3 Å². The molecule has 1 aromatic rings. The van der Waals surface area contributed by atoms with Gasteiger partial charge in [0.25, 0.3) is 5.91 Å². The lowest BCUT2D eigenvalue weighted by molar-refractivity contribution is 0.0589. The number of carbonyl (C=O) groups is 2. The van der Waals surface area contributed by atoms with Crippen molar-refractivity contribution in [2.75, 3.05) is 22.5 Å². The summed E-state index contributed by atoms with van der Waals surface area (Å²) >= 11 is 2.39. The summed E-state index contributed by atoms with van der Waals surface area (Å²) in [5.74, 6) is 0.486. The molecular weight excluding hydrogens is 635 g/mol. The number of rotatable bonds is 11. The number of unbranched alkanes of at least 4 members (excludes halogenated alkanes) is 2. The summed E-state index contributed by atoms with van der Waals surface area (Å²) in [4.78, 5) is 31.3. The number of ether oxygens (including phenoxy) is 2. The number of fused-ring (bicyclic) bond motifs is 2. The first kappa shape index (κ1) is 32.4. The number of allylic oxidation sites excluding steroid dienone is 2. The average Bonchev–Trinajstić information content (AvgIpc) is 3.27. The Bertz CT molecular complexity index is 1160. The van der Waals surface area contributed by atoms with Gasteiger partial charge >= 0.3 is 6.09 Å². The van der Waals surface area contributed by atoms with Gasteiger partial charge in [0.05, 0.1) is 23.9 Å². The lowest BCUT2D eigenvalue weighted by atomic mass is 10.1. The van der Waals surface area contributed by atoms with Crippen LogP contribution in [-0.4, -0.2) is 55.1 Å². The number of hydrogen-bond donors (Lipinski definition) is 0. The standard InChI is InChI=1S/C31H45IN2O5Si/c1-9-14-23-19-26-29(39-40(7,8)31(4,5)6)34(30(36)38-16-10-2)25-20-27(37-17-13-11-12-15-32)22(3)18-24(25)28(35)33(26)21-23/h9-10,14,18,20-21,26,29H,2,11-13,15-17,19H2,1,3-8H3/b14-9+/t26-,29-/m0/s1. The summed E-state index contributed by atoms with van der Waals surface area (Å²) in [5, 5.41) is -0.120. The Kier molecular flexibility index (Phi) is 11.1. The van der Waals surface area contributed by atoms with Crippen molar-refractivity contribution in [1.82, 2.24) is 4.90 Å². The number of alkyl halides is 1. The van der Waals surface area contributed by atoms with E-state index in [-0.39, 0.29) is 17.6 Å². The number of benzene rings is 1. The lowest BCUT2D eigenvalue weighted by Gasteiger charge is -2.44. The average molecular weight is 681 g/mol. The zero-order chi connectivity index (χ0) is 29.7. The van der Waals surface area contributed by atoms with Crippen LogP contribution in [0.2, 0.25) is 18.1 Å². The number of nitrogens with zero attached hydrogens (tertiary/aromatic N) is 2. The number of amides is 2. The molecule has 0 radical (unpaired) electrons. The molecule has 1 aromatic carbocycles. The number of anilines is 1. The van der Waals surface area contributed by atoms with Gasteiger partial charge in [-0.1, -0.05) is 68.2 Å². The second-order valence-corrected chi connectivity index (χ2v) is 17.8. The molecule has 9 heteroatoms. The first-order valence-corrected chi connectivity index (χ1v) is 18.5. The Balaban J connectivity index is 2.19. The van der Waals surface area contributed by atoms with E-state index in [9.17, 15) is 9.59 Å². The minimum Gasteiger partial charge on any atom is -0.493 e. The smallest absolute Gasteiger partial charge is 0.416 e. The van der Waals surface area contributed by atoms with Crippen LogP contribution in [0.15, 0.2) is 48.7 Å². The topological polar surface area (TPSA) is 68.3 Å². The molecule has 40 heavy (non-hydrogen) atoms. The molecule has 2 amide bonds. The first-order chi connectivity index (χ1) is 18.9. The third kappa shape index (κ3) is 7.20. The van der Waals surface area contributed by atoms with E-state index in [4.69, 9.17) is 13.9 Å². The van der Waals surface area contributed by atoms with Crippen molar-refractivity contribution in [3.05, 3.63) is 59.8 Å². The predicted molar refractivity (Wildman–Crippen MR) is 173 cm³/mol. The minimum absolute atomic E-state index is 0.0495. The van der Waals surface area contributed by atoms with Crippen molar-refractivity contribution in [3.8, 4) is 5.75 Å². The van der Waals surface area contributed by atoms with Gasteiger partial charge < -0.3 is 18.8 Å². The number of hydrogen-bond acceptors (Lipinski definition) is 5. The van der Waals surface area contributed by atoms with Crippen LogP contribution in [-0.2, 0) is 9.16 Å². The van der Waals surface area contributed by atoms with Gasteiger partial charge in [-0.3, -0.25) is 4.79 Å². The molecule has 2 atom stereocenters. The Hall–Kier alpha value is -2.11. The molecule has 0 saturated carbocycles. The van der Waals surface area contributed by atoms with Gasteiger partial charge in [-0.05, 0) is 79.3 Å². The maximum absolute atomic E-state index is 14.1. The Morgan fingerprint density at radius 3 is 2.58 bits per heavy atom. The highest BCUT2D eigenvalue weighted by molar-refractivity contribution is 14.1. The Morgan fingerprint density at radius 1 is 1.23 bits per heavy atom. The van der Waals surface area contributed by atoms with E-state index in [1.54, 1.807) is 15.9 Å². The van der Waals surface area contributed by atoms with Gasteiger partial charge in [-0.2, -0.15) is 0 Å². The van der Waals surface area contributed by atoms with Crippen LogP contribution >= 0.6 is 22.6 Å². The van der Waals surface area contributed by atoms with Gasteiger partial charge in [-0.25, -0.2) is 9.69 Å².